The molecule has 0 aromatic heterocycles. The van der Waals surface area contributed by atoms with Crippen LogP contribution in [0.25, 0.3) is 0 Å². The van der Waals surface area contributed by atoms with Crippen molar-refractivity contribution in [1.29, 1.82) is 0 Å². The minimum atomic E-state index is 0.548. The van der Waals surface area contributed by atoms with Gasteiger partial charge in [-0.25, -0.2) is 0 Å². The molecular weight excluding hydrogens is 322 g/mol. The van der Waals surface area contributed by atoms with E-state index in [1.54, 1.807) is 0 Å². The predicted molar refractivity (Wildman–Crippen MR) is 87.1 cm³/mol. The lowest BCUT2D eigenvalue weighted by atomic mass is 10.1. The highest BCUT2D eigenvalue weighted by atomic mass is 79.9. The van der Waals surface area contributed by atoms with Crippen LogP contribution in [0.1, 0.15) is 11.1 Å². The summed E-state index contributed by atoms with van der Waals surface area (Å²) >= 11 is 9.45. The molecule has 0 unspecified atom stereocenters. The zero-order chi connectivity index (χ0) is 13.7. The highest BCUT2D eigenvalue weighted by Crippen LogP contribution is 2.27. The fourth-order valence-corrected chi connectivity index (χ4v) is 2.90. The predicted octanol–water partition coefficient (Wildman–Crippen LogP) is 4.87. The Labute approximate surface area is 128 Å². The fraction of sp³-hybridized carbons (Fsp3) is 0.250. The standard InChI is InChI=1S/C16H17BrClN/c1-19(10-9-13-5-3-2-4-6-13)16-8-7-14(12-18)11-15(16)17/h2-8,11H,9-10,12H2,1H3. The minimum absolute atomic E-state index is 0.548. The van der Waals surface area contributed by atoms with Crippen molar-refractivity contribution in [3.8, 4) is 0 Å². The molecule has 2 aromatic carbocycles. The molecule has 0 heterocycles. The molecule has 0 bridgehead atoms. The van der Waals surface area contributed by atoms with Crippen LogP contribution >= 0.6 is 27.5 Å². The van der Waals surface area contributed by atoms with Gasteiger partial charge in [0, 0.05) is 23.9 Å². The molecule has 0 aliphatic heterocycles. The highest BCUT2D eigenvalue weighted by Gasteiger charge is 2.06. The lowest BCUT2D eigenvalue weighted by molar-refractivity contribution is 0.874. The maximum absolute atomic E-state index is 5.84. The van der Waals surface area contributed by atoms with Crippen molar-refractivity contribution in [1.82, 2.24) is 0 Å². The summed E-state index contributed by atoms with van der Waals surface area (Å²) in [6, 6.07) is 16.8. The average Bonchev–Trinajstić information content (AvgIpc) is 2.45. The number of nitrogens with zero attached hydrogens (tertiary/aromatic N) is 1. The number of likely N-dealkylation sites (N-methyl/N-ethyl adjacent to an activating group) is 1. The van der Waals surface area contributed by atoms with Crippen molar-refractivity contribution in [2.75, 3.05) is 18.5 Å². The Balaban J connectivity index is 2.02. The van der Waals surface area contributed by atoms with Gasteiger partial charge < -0.3 is 4.90 Å². The van der Waals surface area contributed by atoms with Gasteiger partial charge in [-0.1, -0.05) is 36.4 Å². The molecule has 0 spiro atoms. The maximum atomic E-state index is 5.84. The second-order valence-corrected chi connectivity index (χ2v) is 5.70. The third-order valence-electron chi connectivity index (χ3n) is 3.16. The van der Waals surface area contributed by atoms with Gasteiger partial charge in [0.2, 0.25) is 0 Å². The van der Waals surface area contributed by atoms with Gasteiger partial charge in [0.15, 0.2) is 0 Å². The van der Waals surface area contributed by atoms with E-state index in [1.165, 1.54) is 11.3 Å². The van der Waals surface area contributed by atoms with Gasteiger partial charge in [-0.05, 0) is 45.6 Å². The molecule has 0 saturated carbocycles. The third kappa shape index (κ3) is 3.99. The van der Waals surface area contributed by atoms with Crippen molar-refractivity contribution in [3.63, 3.8) is 0 Å². The molecule has 0 amide bonds. The van der Waals surface area contributed by atoms with Gasteiger partial charge in [-0.2, -0.15) is 0 Å². The van der Waals surface area contributed by atoms with Crippen LogP contribution < -0.4 is 4.90 Å². The quantitative estimate of drug-likeness (QED) is 0.703. The van der Waals surface area contributed by atoms with Crippen molar-refractivity contribution in [3.05, 3.63) is 64.1 Å². The van der Waals surface area contributed by atoms with Crippen LogP contribution in [0.3, 0.4) is 0 Å². The Morgan fingerprint density at radius 1 is 1.05 bits per heavy atom. The monoisotopic (exact) mass is 337 g/mol. The molecular formula is C16H17BrClN. The van der Waals surface area contributed by atoms with Crippen LogP contribution in [0.15, 0.2) is 53.0 Å². The SMILES string of the molecule is CN(CCc1ccccc1)c1ccc(CCl)cc1Br. The average molecular weight is 339 g/mol. The van der Waals surface area contributed by atoms with Crippen LogP contribution in [0.5, 0.6) is 0 Å². The van der Waals surface area contributed by atoms with Crippen molar-refractivity contribution in [2.45, 2.75) is 12.3 Å². The van der Waals surface area contributed by atoms with E-state index in [-0.39, 0.29) is 0 Å². The molecule has 19 heavy (non-hydrogen) atoms. The van der Waals surface area contributed by atoms with Gasteiger partial charge in [0.25, 0.3) is 0 Å². The number of benzene rings is 2. The molecule has 0 aliphatic carbocycles. The van der Waals surface area contributed by atoms with Crippen molar-refractivity contribution < 1.29 is 0 Å². The lowest BCUT2D eigenvalue weighted by Crippen LogP contribution is -2.20. The summed E-state index contributed by atoms with van der Waals surface area (Å²) in [5.41, 5.74) is 3.70. The molecule has 2 aromatic rings. The summed E-state index contributed by atoms with van der Waals surface area (Å²) < 4.78 is 1.10. The molecule has 0 radical (unpaired) electrons. The summed E-state index contributed by atoms with van der Waals surface area (Å²) in [5.74, 6) is 0.548. The Morgan fingerprint density at radius 3 is 2.42 bits per heavy atom. The first-order chi connectivity index (χ1) is 9.20. The summed E-state index contributed by atoms with van der Waals surface area (Å²) in [5, 5.41) is 0. The Hall–Kier alpha value is -0.990. The molecule has 0 fully saturated rings. The first-order valence-corrected chi connectivity index (χ1v) is 7.63. The van der Waals surface area contributed by atoms with E-state index in [0.717, 1.165) is 23.0 Å². The van der Waals surface area contributed by atoms with E-state index in [1.807, 2.05) is 0 Å². The van der Waals surface area contributed by atoms with E-state index in [4.69, 9.17) is 11.6 Å². The third-order valence-corrected chi connectivity index (χ3v) is 4.10. The molecule has 0 atom stereocenters. The van der Waals surface area contributed by atoms with Crippen molar-refractivity contribution >= 4 is 33.2 Å². The normalized spacial score (nSPS) is 10.5. The largest absolute Gasteiger partial charge is 0.373 e. The van der Waals surface area contributed by atoms with Gasteiger partial charge in [-0.3, -0.25) is 0 Å². The molecule has 100 valence electrons. The molecule has 0 aliphatic rings. The van der Waals surface area contributed by atoms with Crippen molar-refractivity contribution in [2.24, 2.45) is 0 Å². The summed E-state index contributed by atoms with van der Waals surface area (Å²) in [7, 11) is 2.11. The Kier molecular flexibility index (Phi) is 5.29. The number of rotatable bonds is 5. The summed E-state index contributed by atoms with van der Waals surface area (Å²) in [6.45, 7) is 0.989. The second-order valence-electron chi connectivity index (χ2n) is 4.58. The van der Waals surface area contributed by atoms with Gasteiger partial charge in [-0.15, -0.1) is 11.6 Å². The van der Waals surface area contributed by atoms with E-state index in [2.05, 4.69) is 76.4 Å². The second kappa shape index (κ2) is 6.97. The maximum Gasteiger partial charge on any atom is 0.0508 e. The number of halogens is 2. The molecule has 0 saturated heterocycles. The molecule has 2 rings (SSSR count). The van der Waals surface area contributed by atoms with E-state index >= 15 is 0 Å². The zero-order valence-corrected chi connectivity index (χ0v) is 13.3. The number of anilines is 1. The molecule has 3 heteroatoms. The molecule has 0 N–H and O–H groups in total. The fourth-order valence-electron chi connectivity index (χ4n) is 2.01. The first kappa shape index (κ1) is 14.4. The number of hydrogen-bond acceptors (Lipinski definition) is 1. The van der Waals surface area contributed by atoms with Crippen LogP contribution in [-0.2, 0) is 12.3 Å². The van der Waals surface area contributed by atoms with Crippen LogP contribution in [-0.4, -0.2) is 13.6 Å². The van der Waals surface area contributed by atoms with Gasteiger partial charge in [0.05, 0.1) is 5.69 Å². The Bertz CT molecular complexity index is 528. The summed E-state index contributed by atoms with van der Waals surface area (Å²) in [4.78, 5) is 2.26. The van der Waals surface area contributed by atoms with Crippen LogP contribution in [0, 0.1) is 0 Å². The Morgan fingerprint density at radius 2 is 1.79 bits per heavy atom. The summed E-state index contributed by atoms with van der Waals surface area (Å²) in [6.07, 6.45) is 1.04. The first-order valence-electron chi connectivity index (χ1n) is 6.30. The van der Waals surface area contributed by atoms with E-state index in [0.29, 0.717) is 5.88 Å². The smallest absolute Gasteiger partial charge is 0.0508 e. The molecule has 1 nitrogen and oxygen atoms in total. The zero-order valence-electron chi connectivity index (χ0n) is 10.9. The van der Waals surface area contributed by atoms with E-state index in [9.17, 15) is 0 Å². The highest BCUT2D eigenvalue weighted by molar-refractivity contribution is 9.10. The number of alkyl halides is 1. The lowest BCUT2D eigenvalue weighted by Gasteiger charge is -2.21. The van der Waals surface area contributed by atoms with Crippen LogP contribution in [0.2, 0.25) is 0 Å². The van der Waals surface area contributed by atoms with Gasteiger partial charge in [0.1, 0.15) is 0 Å². The van der Waals surface area contributed by atoms with Gasteiger partial charge >= 0.3 is 0 Å². The topological polar surface area (TPSA) is 3.24 Å². The number of hydrogen-bond donors (Lipinski definition) is 0. The van der Waals surface area contributed by atoms with Crippen LogP contribution in [0.4, 0.5) is 5.69 Å². The minimum Gasteiger partial charge on any atom is -0.373 e. The van der Waals surface area contributed by atoms with E-state index < -0.39 is 0 Å².